The van der Waals surface area contributed by atoms with Gasteiger partial charge in [0, 0.05) is 11.5 Å². The van der Waals surface area contributed by atoms with Gasteiger partial charge in [-0.1, -0.05) is 24.3 Å². The first-order chi connectivity index (χ1) is 7.15. The van der Waals surface area contributed by atoms with E-state index < -0.39 is 5.54 Å². The number of hydrogen-bond donors (Lipinski definition) is 2. The van der Waals surface area contributed by atoms with E-state index >= 15 is 0 Å². The number of aliphatic hydroxyl groups excluding tert-OH is 1. The molecule has 0 radical (unpaired) electrons. The van der Waals surface area contributed by atoms with E-state index in [0.29, 0.717) is 5.92 Å². The van der Waals surface area contributed by atoms with Gasteiger partial charge in [-0.05, 0) is 37.3 Å². The Bertz CT molecular complexity index is 346. The van der Waals surface area contributed by atoms with Crippen molar-refractivity contribution in [2.45, 2.75) is 37.6 Å². The van der Waals surface area contributed by atoms with Gasteiger partial charge < -0.3 is 10.8 Å². The summed E-state index contributed by atoms with van der Waals surface area (Å²) in [5.41, 5.74) is 8.40. The molecular weight excluding hydrogens is 186 g/mol. The molecule has 2 heteroatoms. The number of fused-ring (bicyclic) bond motifs is 1. The highest BCUT2D eigenvalue weighted by Gasteiger charge is 2.33. The third kappa shape index (κ3) is 1.92. The minimum atomic E-state index is -0.490. The highest BCUT2D eigenvalue weighted by molar-refractivity contribution is 5.35. The van der Waals surface area contributed by atoms with Crippen molar-refractivity contribution in [2.24, 2.45) is 5.73 Å². The first-order valence-corrected chi connectivity index (χ1v) is 5.62. The fourth-order valence-electron chi connectivity index (χ4n) is 2.55. The summed E-state index contributed by atoms with van der Waals surface area (Å²) in [5.74, 6) is 0.299. The van der Waals surface area contributed by atoms with Crippen LogP contribution < -0.4 is 5.73 Å². The summed E-state index contributed by atoms with van der Waals surface area (Å²) in [6.07, 6.45) is 3.41. The Balaban J connectivity index is 2.38. The van der Waals surface area contributed by atoms with Crippen LogP contribution in [0, 0.1) is 0 Å². The lowest BCUT2D eigenvalue weighted by atomic mass is 9.73. The summed E-state index contributed by atoms with van der Waals surface area (Å²) < 4.78 is 0. The van der Waals surface area contributed by atoms with Crippen LogP contribution in [-0.4, -0.2) is 17.3 Å². The molecule has 0 spiro atoms. The molecule has 0 aliphatic heterocycles. The van der Waals surface area contributed by atoms with Crippen LogP contribution in [0.5, 0.6) is 0 Å². The van der Waals surface area contributed by atoms with Crippen LogP contribution in [-0.2, 0) is 6.42 Å². The van der Waals surface area contributed by atoms with Gasteiger partial charge in [0.2, 0.25) is 0 Å². The van der Waals surface area contributed by atoms with Gasteiger partial charge >= 0.3 is 0 Å². The average molecular weight is 205 g/mol. The van der Waals surface area contributed by atoms with Crippen molar-refractivity contribution < 1.29 is 5.11 Å². The zero-order valence-corrected chi connectivity index (χ0v) is 9.24. The molecule has 1 aromatic rings. The summed E-state index contributed by atoms with van der Waals surface area (Å²) in [5, 5.41) is 9.35. The number of rotatable bonds is 2. The molecule has 0 saturated heterocycles. The second kappa shape index (κ2) is 3.95. The summed E-state index contributed by atoms with van der Waals surface area (Å²) in [7, 11) is 0. The molecule has 3 N–H and O–H groups in total. The lowest BCUT2D eigenvalue weighted by Crippen LogP contribution is -2.47. The van der Waals surface area contributed by atoms with Crippen molar-refractivity contribution in [1.29, 1.82) is 0 Å². The van der Waals surface area contributed by atoms with E-state index in [1.807, 2.05) is 6.92 Å². The van der Waals surface area contributed by atoms with Crippen molar-refractivity contribution in [2.75, 3.05) is 6.61 Å². The molecule has 1 aliphatic carbocycles. The van der Waals surface area contributed by atoms with E-state index in [4.69, 9.17) is 5.73 Å². The standard InChI is InChI=1S/C13H19NO/c1-13(14,9-15)12-8-4-6-10-5-2-3-7-11(10)12/h2-3,5,7,12,15H,4,6,8-9,14H2,1H3. The fourth-order valence-corrected chi connectivity index (χ4v) is 2.55. The summed E-state index contributed by atoms with van der Waals surface area (Å²) in [6.45, 7) is 1.99. The predicted octanol–water partition coefficient (Wildman–Crippen LogP) is 1.82. The first kappa shape index (κ1) is 10.7. The molecule has 0 bridgehead atoms. The summed E-state index contributed by atoms with van der Waals surface area (Å²) >= 11 is 0. The van der Waals surface area contributed by atoms with Crippen molar-refractivity contribution in [3.8, 4) is 0 Å². The maximum atomic E-state index is 9.35. The maximum absolute atomic E-state index is 9.35. The van der Waals surface area contributed by atoms with Gasteiger partial charge in [0.05, 0.1) is 6.61 Å². The van der Waals surface area contributed by atoms with E-state index in [9.17, 15) is 5.11 Å². The number of nitrogens with two attached hydrogens (primary N) is 1. The first-order valence-electron chi connectivity index (χ1n) is 5.62. The van der Waals surface area contributed by atoms with Crippen molar-refractivity contribution in [3.05, 3.63) is 35.4 Å². The van der Waals surface area contributed by atoms with E-state index in [1.165, 1.54) is 17.5 Å². The summed E-state index contributed by atoms with van der Waals surface area (Å²) in [4.78, 5) is 0. The Morgan fingerprint density at radius 3 is 2.93 bits per heavy atom. The highest BCUT2D eigenvalue weighted by atomic mass is 16.3. The number of aryl methyl sites for hydroxylation is 1. The predicted molar refractivity (Wildman–Crippen MR) is 61.8 cm³/mol. The Kier molecular flexibility index (Phi) is 2.81. The maximum Gasteiger partial charge on any atom is 0.0614 e. The molecule has 0 heterocycles. The van der Waals surface area contributed by atoms with Gasteiger partial charge in [0.25, 0.3) is 0 Å². The lowest BCUT2D eigenvalue weighted by Gasteiger charge is -2.36. The number of hydrogen-bond acceptors (Lipinski definition) is 2. The molecule has 1 aromatic carbocycles. The molecule has 0 saturated carbocycles. The van der Waals surface area contributed by atoms with Crippen LogP contribution in [0.2, 0.25) is 0 Å². The van der Waals surface area contributed by atoms with Crippen LogP contribution in [0.1, 0.15) is 36.8 Å². The van der Waals surface area contributed by atoms with E-state index in [2.05, 4.69) is 24.3 Å². The average Bonchev–Trinajstić information content (AvgIpc) is 2.28. The Morgan fingerprint density at radius 1 is 1.47 bits per heavy atom. The van der Waals surface area contributed by atoms with Crippen LogP contribution in [0.25, 0.3) is 0 Å². The SMILES string of the molecule is CC(N)(CO)C1CCCc2ccccc21. The van der Waals surface area contributed by atoms with Crippen molar-refractivity contribution in [1.82, 2.24) is 0 Å². The van der Waals surface area contributed by atoms with Gasteiger partial charge in [-0.25, -0.2) is 0 Å². The van der Waals surface area contributed by atoms with Crippen LogP contribution in [0.3, 0.4) is 0 Å². The molecule has 82 valence electrons. The minimum Gasteiger partial charge on any atom is -0.394 e. The third-order valence-electron chi connectivity index (χ3n) is 3.51. The van der Waals surface area contributed by atoms with Crippen LogP contribution >= 0.6 is 0 Å². The fraction of sp³-hybridized carbons (Fsp3) is 0.538. The van der Waals surface area contributed by atoms with Crippen molar-refractivity contribution in [3.63, 3.8) is 0 Å². The highest BCUT2D eigenvalue weighted by Crippen LogP contribution is 2.37. The monoisotopic (exact) mass is 205 g/mol. The lowest BCUT2D eigenvalue weighted by molar-refractivity contribution is 0.176. The molecule has 2 atom stereocenters. The second-order valence-corrected chi connectivity index (χ2v) is 4.81. The molecule has 0 fully saturated rings. The molecule has 1 aliphatic rings. The van der Waals surface area contributed by atoms with Gasteiger partial charge in [0.15, 0.2) is 0 Å². The largest absolute Gasteiger partial charge is 0.394 e. The van der Waals surface area contributed by atoms with E-state index in [1.54, 1.807) is 0 Å². The zero-order valence-electron chi connectivity index (χ0n) is 9.24. The van der Waals surface area contributed by atoms with Gasteiger partial charge in [-0.2, -0.15) is 0 Å². The van der Waals surface area contributed by atoms with Crippen LogP contribution in [0.4, 0.5) is 0 Å². The topological polar surface area (TPSA) is 46.2 Å². The quantitative estimate of drug-likeness (QED) is 0.773. The Morgan fingerprint density at radius 2 is 2.20 bits per heavy atom. The molecule has 2 rings (SSSR count). The summed E-state index contributed by atoms with van der Waals surface area (Å²) in [6, 6.07) is 8.47. The molecule has 2 unspecified atom stereocenters. The van der Waals surface area contributed by atoms with Crippen molar-refractivity contribution >= 4 is 0 Å². The smallest absolute Gasteiger partial charge is 0.0614 e. The number of benzene rings is 1. The van der Waals surface area contributed by atoms with Crippen LogP contribution in [0.15, 0.2) is 24.3 Å². The van der Waals surface area contributed by atoms with E-state index in [0.717, 1.165) is 12.8 Å². The second-order valence-electron chi connectivity index (χ2n) is 4.81. The van der Waals surface area contributed by atoms with E-state index in [-0.39, 0.29) is 6.61 Å². The minimum absolute atomic E-state index is 0.0476. The zero-order chi connectivity index (χ0) is 10.9. The molecular formula is C13H19NO. The molecule has 0 aromatic heterocycles. The molecule has 15 heavy (non-hydrogen) atoms. The normalized spacial score (nSPS) is 24.3. The third-order valence-corrected chi connectivity index (χ3v) is 3.51. The molecule has 2 nitrogen and oxygen atoms in total. The van der Waals surface area contributed by atoms with Gasteiger partial charge in [0.1, 0.15) is 0 Å². The Labute approximate surface area is 91.1 Å². The van der Waals surface area contributed by atoms with Gasteiger partial charge in [-0.3, -0.25) is 0 Å². The molecule has 0 amide bonds. The van der Waals surface area contributed by atoms with Gasteiger partial charge in [-0.15, -0.1) is 0 Å². The number of aliphatic hydroxyl groups is 1. The Hall–Kier alpha value is -0.860.